The quantitative estimate of drug-likeness (QED) is 0.876. The van der Waals surface area contributed by atoms with Crippen LogP contribution in [-0.2, 0) is 6.54 Å². The van der Waals surface area contributed by atoms with Crippen LogP contribution in [0.1, 0.15) is 39.5 Å². The lowest BCUT2D eigenvalue weighted by atomic mass is 9.86. The minimum absolute atomic E-state index is 0.177. The molecule has 1 aliphatic rings. The van der Waals surface area contributed by atoms with Gasteiger partial charge in [0.1, 0.15) is 5.02 Å². The third kappa shape index (κ3) is 4.20. The van der Waals surface area contributed by atoms with Gasteiger partial charge in [-0.25, -0.2) is 4.68 Å². The molecule has 0 spiro atoms. The maximum absolute atomic E-state index is 12.1. The number of rotatable bonds is 5. The van der Waals surface area contributed by atoms with Crippen LogP contribution in [0.15, 0.2) is 11.0 Å². The number of aliphatic hydroxyl groups is 1. The van der Waals surface area contributed by atoms with E-state index in [1.807, 2.05) is 13.8 Å². The SMILES string of the molecule is CC(C)Cn1ncc(NCC2CCCCC2O)c(Cl)c1=O. The van der Waals surface area contributed by atoms with Gasteiger partial charge in [0.25, 0.3) is 5.56 Å². The summed E-state index contributed by atoms with van der Waals surface area (Å²) in [6, 6.07) is 0. The van der Waals surface area contributed by atoms with Gasteiger partial charge in [-0.2, -0.15) is 5.10 Å². The Balaban J connectivity index is 2.03. The van der Waals surface area contributed by atoms with Gasteiger partial charge in [-0.15, -0.1) is 0 Å². The van der Waals surface area contributed by atoms with E-state index in [2.05, 4.69) is 10.4 Å². The first-order chi connectivity index (χ1) is 9.99. The molecular weight excluding hydrogens is 290 g/mol. The second kappa shape index (κ2) is 7.27. The van der Waals surface area contributed by atoms with E-state index >= 15 is 0 Å². The van der Waals surface area contributed by atoms with Crippen molar-refractivity contribution in [2.24, 2.45) is 11.8 Å². The molecular formula is C15H24ClN3O2. The number of aliphatic hydroxyl groups excluding tert-OH is 1. The third-order valence-electron chi connectivity index (χ3n) is 3.95. The lowest BCUT2D eigenvalue weighted by Gasteiger charge is -2.28. The minimum atomic E-state index is -0.265. The van der Waals surface area contributed by atoms with E-state index in [4.69, 9.17) is 11.6 Å². The summed E-state index contributed by atoms with van der Waals surface area (Å²) in [5.74, 6) is 0.551. The van der Waals surface area contributed by atoms with Crippen molar-refractivity contribution >= 4 is 17.3 Å². The summed E-state index contributed by atoms with van der Waals surface area (Å²) in [4.78, 5) is 12.1. The van der Waals surface area contributed by atoms with Crippen molar-refractivity contribution in [2.75, 3.05) is 11.9 Å². The monoisotopic (exact) mass is 313 g/mol. The largest absolute Gasteiger partial charge is 0.393 e. The van der Waals surface area contributed by atoms with Gasteiger partial charge in [0.15, 0.2) is 0 Å². The molecule has 2 N–H and O–H groups in total. The summed E-state index contributed by atoms with van der Waals surface area (Å²) in [7, 11) is 0. The van der Waals surface area contributed by atoms with Gasteiger partial charge in [-0.3, -0.25) is 4.79 Å². The molecule has 0 aromatic carbocycles. The Kier molecular flexibility index (Phi) is 5.65. The summed E-state index contributed by atoms with van der Waals surface area (Å²) in [5, 5.41) is 17.5. The van der Waals surface area contributed by atoms with Crippen molar-refractivity contribution in [2.45, 2.75) is 52.2 Å². The predicted molar refractivity (Wildman–Crippen MR) is 84.8 cm³/mol. The molecule has 1 saturated carbocycles. The highest BCUT2D eigenvalue weighted by atomic mass is 35.5. The molecule has 118 valence electrons. The van der Waals surface area contributed by atoms with Gasteiger partial charge in [0, 0.05) is 19.0 Å². The molecule has 0 bridgehead atoms. The Morgan fingerprint density at radius 2 is 2.19 bits per heavy atom. The van der Waals surface area contributed by atoms with E-state index in [1.165, 1.54) is 4.68 Å². The van der Waals surface area contributed by atoms with Crippen molar-refractivity contribution in [3.8, 4) is 0 Å². The van der Waals surface area contributed by atoms with Crippen LogP contribution in [0.5, 0.6) is 0 Å². The second-order valence-corrected chi connectivity index (χ2v) is 6.62. The van der Waals surface area contributed by atoms with Gasteiger partial charge in [-0.1, -0.05) is 38.3 Å². The highest BCUT2D eigenvalue weighted by Crippen LogP contribution is 2.25. The summed E-state index contributed by atoms with van der Waals surface area (Å²) >= 11 is 6.14. The van der Waals surface area contributed by atoms with Crippen LogP contribution in [0.3, 0.4) is 0 Å². The number of aromatic nitrogens is 2. The number of halogens is 1. The first-order valence-electron chi connectivity index (χ1n) is 7.66. The molecule has 1 aromatic rings. The van der Waals surface area contributed by atoms with Crippen molar-refractivity contribution in [1.29, 1.82) is 0 Å². The summed E-state index contributed by atoms with van der Waals surface area (Å²) in [5.41, 5.74) is 0.291. The molecule has 0 amide bonds. The molecule has 5 nitrogen and oxygen atoms in total. The second-order valence-electron chi connectivity index (χ2n) is 6.25. The Bertz CT molecular complexity index is 530. The molecule has 21 heavy (non-hydrogen) atoms. The summed E-state index contributed by atoms with van der Waals surface area (Å²) in [6.07, 6.45) is 5.43. The maximum atomic E-state index is 12.1. The molecule has 6 heteroatoms. The van der Waals surface area contributed by atoms with Gasteiger partial charge in [0.2, 0.25) is 0 Å². The fourth-order valence-corrected chi connectivity index (χ4v) is 2.94. The molecule has 0 aliphatic heterocycles. The van der Waals surface area contributed by atoms with Crippen LogP contribution in [-0.4, -0.2) is 27.5 Å². The number of hydrogen-bond donors (Lipinski definition) is 2. The number of nitrogens with zero attached hydrogens (tertiary/aromatic N) is 2. The van der Waals surface area contributed by atoms with Crippen molar-refractivity contribution in [1.82, 2.24) is 9.78 Å². The molecule has 1 heterocycles. The van der Waals surface area contributed by atoms with Crippen LogP contribution in [0.4, 0.5) is 5.69 Å². The van der Waals surface area contributed by atoms with Crippen molar-refractivity contribution in [3.63, 3.8) is 0 Å². The van der Waals surface area contributed by atoms with Crippen LogP contribution < -0.4 is 10.9 Å². The van der Waals surface area contributed by atoms with E-state index in [0.29, 0.717) is 24.7 Å². The Labute approximate surface area is 130 Å². The number of anilines is 1. The van der Waals surface area contributed by atoms with Crippen LogP contribution >= 0.6 is 11.6 Å². The van der Waals surface area contributed by atoms with E-state index in [-0.39, 0.29) is 22.6 Å². The van der Waals surface area contributed by atoms with Gasteiger partial charge in [-0.05, 0) is 18.8 Å². The van der Waals surface area contributed by atoms with Gasteiger partial charge >= 0.3 is 0 Å². The number of nitrogens with one attached hydrogen (secondary N) is 1. The summed E-state index contributed by atoms with van der Waals surface area (Å²) in [6.45, 7) is 5.23. The van der Waals surface area contributed by atoms with E-state index in [0.717, 1.165) is 25.7 Å². The van der Waals surface area contributed by atoms with Crippen molar-refractivity contribution < 1.29 is 5.11 Å². The number of hydrogen-bond acceptors (Lipinski definition) is 4. The Morgan fingerprint density at radius 3 is 2.86 bits per heavy atom. The standard InChI is InChI=1S/C15H24ClN3O2/c1-10(2)9-19-15(21)14(16)12(8-18-19)17-7-11-5-3-4-6-13(11)20/h8,10-11,13,17,20H,3-7,9H2,1-2H3. The zero-order chi connectivity index (χ0) is 15.4. The zero-order valence-electron chi connectivity index (χ0n) is 12.7. The smallest absolute Gasteiger partial charge is 0.287 e. The fourth-order valence-electron chi connectivity index (χ4n) is 2.73. The first kappa shape index (κ1) is 16.3. The van der Waals surface area contributed by atoms with E-state index in [9.17, 15) is 9.90 Å². The van der Waals surface area contributed by atoms with E-state index in [1.54, 1.807) is 6.20 Å². The van der Waals surface area contributed by atoms with E-state index < -0.39 is 0 Å². The first-order valence-corrected chi connectivity index (χ1v) is 8.04. The average molecular weight is 314 g/mol. The molecule has 0 saturated heterocycles. The molecule has 2 atom stereocenters. The van der Waals surface area contributed by atoms with Crippen LogP contribution in [0.25, 0.3) is 0 Å². The Hall–Kier alpha value is -1.07. The van der Waals surface area contributed by atoms with Gasteiger partial charge in [0.05, 0.1) is 18.0 Å². The van der Waals surface area contributed by atoms with Crippen molar-refractivity contribution in [3.05, 3.63) is 21.6 Å². The molecule has 1 aromatic heterocycles. The van der Waals surface area contributed by atoms with Crippen LogP contribution in [0, 0.1) is 11.8 Å². The zero-order valence-corrected chi connectivity index (χ0v) is 13.4. The molecule has 2 unspecified atom stereocenters. The topological polar surface area (TPSA) is 67.2 Å². The average Bonchev–Trinajstić information content (AvgIpc) is 2.44. The lowest BCUT2D eigenvalue weighted by Crippen LogP contribution is -2.31. The molecule has 2 rings (SSSR count). The fraction of sp³-hybridized carbons (Fsp3) is 0.733. The Morgan fingerprint density at radius 1 is 1.48 bits per heavy atom. The maximum Gasteiger partial charge on any atom is 0.287 e. The third-order valence-corrected chi connectivity index (χ3v) is 4.31. The predicted octanol–water partition coefficient (Wildman–Crippen LogP) is 2.52. The molecule has 1 aliphatic carbocycles. The minimum Gasteiger partial charge on any atom is -0.393 e. The molecule has 1 fully saturated rings. The van der Waals surface area contributed by atoms with Crippen LogP contribution in [0.2, 0.25) is 5.02 Å². The van der Waals surface area contributed by atoms with Gasteiger partial charge < -0.3 is 10.4 Å². The normalized spacial score (nSPS) is 22.5. The summed E-state index contributed by atoms with van der Waals surface area (Å²) < 4.78 is 1.40. The molecule has 0 radical (unpaired) electrons. The lowest BCUT2D eigenvalue weighted by molar-refractivity contribution is 0.0763. The highest BCUT2D eigenvalue weighted by Gasteiger charge is 2.23. The highest BCUT2D eigenvalue weighted by molar-refractivity contribution is 6.32.